The highest BCUT2D eigenvalue weighted by atomic mass is 79.9. The lowest BCUT2D eigenvalue weighted by Crippen LogP contribution is -2.09. The van der Waals surface area contributed by atoms with Crippen molar-refractivity contribution in [3.05, 3.63) is 34.4 Å². The smallest absolute Gasteiger partial charge is 0.244 e. The molecule has 0 radical (unpaired) electrons. The van der Waals surface area contributed by atoms with Crippen LogP contribution in [0.5, 0.6) is 0 Å². The third-order valence-corrected chi connectivity index (χ3v) is 3.41. The Labute approximate surface area is 132 Å². The topological polar surface area (TPSA) is 72.0 Å². The summed E-state index contributed by atoms with van der Waals surface area (Å²) >= 11 is 3.53. The second kappa shape index (κ2) is 7.90. The van der Waals surface area contributed by atoms with Crippen LogP contribution in [0.15, 0.2) is 28.9 Å². The number of methoxy groups -OCH3 is 1. The van der Waals surface area contributed by atoms with Crippen LogP contribution in [0, 0.1) is 6.92 Å². The van der Waals surface area contributed by atoms with Gasteiger partial charge >= 0.3 is 0 Å². The van der Waals surface area contributed by atoms with Crippen LogP contribution in [0.1, 0.15) is 12.0 Å². The molecule has 21 heavy (non-hydrogen) atoms. The minimum Gasteiger partial charge on any atom is -0.385 e. The van der Waals surface area contributed by atoms with Crippen molar-refractivity contribution in [2.45, 2.75) is 13.3 Å². The van der Waals surface area contributed by atoms with E-state index in [-0.39, 0.29) is 0 Å². The Bertz CT molecular complexity index is 593. The summed E-state index contributed by atoms with van der Waals surface area (Å²) in [5.41, 5.74) is 2.13. The van der Waals surface area contributed by atoms with E-state index < -0.39 is 0 Å². The monoisotopic (exact) mass is 351 g/mol. The molecule has 2 rings (SSSR count). The molecule has 2 aromatic rings. The van der Waals surface area contributed by atoms with Gasteiger partial charge in [0.25, 0.3) is 0 Å². The number of nitrogens with one attached hydrogen (secondary N) is 2. The van der Waals surface area contributed by atoms with Crippen LogP contribution in [-0.4, -0.2) is 35.4 Å². The van der Waals surface area contributed by atoms with Crippen LogP contribution >= 0.6 is 15.9 Å². The molecule has 0 amide bonds. The molecular formula is C14H18BrN5O. The summed E-state index contributed by atoms with van der Waals surface area (Å²) in [7, 11) is 1.68. The molecule has 0 unspecified atom stereocenters. The number of aromatic nitrogens is 3. The van der Waals surface area contributed by atoms with Gasteiger partial charge in [0.1, 0.15) is 0 Å². The van der Waals surface area contributed by atoms with E-state index in [9.17, 15) is 0 Å². The third kappa shape index (κ3) is 4.95. The Hall–Kier alpha value is -1.73. The number of ether oxygens (including phenoxy) is 1. The molecule has 0 aliphatic carbocycles. The third-order valence-electron chi connectivity index (χ3n) is 2.75. The minimum atomic E-state index is 0.499. The normalized spacial score (nSPS) is 10.4. The molecule has 0 saturated heterocycles. The highest BCUT2D eigenvalue weighted by Crippen LogP contribution is 2.25. The number of halogens is 1. The van der Waals surface area contributed by atoms with Gasteiger partial charge in [0.2, 0.25) is 5.95 Å². The van der Waals surface area contributed by atoms with E-state index in [1.54, 1.807) is 13.3 Å². The van der Waals surface area contributed by atoms with Crippen molar-refractivity contribution in [1.82, 2.24) is 15.2 Å². The highest BCUT2D eigenvalue weighted by molar-refractivity contribution is 9.10. The molecule has 2 N–H and O–H groups in total. The first-order valence-corrected chi connectivity index (χ1v) is 7.44. The summed E-state index contributed by atoms with van der Waals surface area (Å²) in [5, 5.41) is 14.2. The van der Waals surface area contributed by atoms with Crippen molar-refractivity contribution in [3.8, 4) is 0 Å². The fraction of sp³-hybridized carbons (Fsp3) is 0.357. The maximum atomic E-state index is 4.99. The number of hydrogen-bond acceptors (Lipinski definition) is 6. The predicted octanol–water partition coefficient (Wildman–Crippen LogP) is 3.13. The number of hydrogen-bond donors (Lipinski definition) is 2. The largest absolute Gasteiger partial charge is 0.385 e. The fourth-order valence-corrected chi connectivity index (χ4v) is 2.31. The van der Waals surface area contributed by atoms with Crippen molar-refractivity contribution >= 4 is 33.4 Å². The summed E-state index contributed by atoms with van der Waals surface area (Å²) in [5.74, 6) is 1.14. The van der Waals surface area contributed by atoms with Crippen molar-refractivity contribution < 1.29 is 4.74 Å². The lowest BCUT2D eigenvalue weighted by molar-refractivity contribution is 0.197. The number of benzene rings is 1. The van der Waals surface area contributed by atoms with Gasteiger partial charge in [-0.1, -0.05) is 6.07 Å². The molecule has 0 aliphatic heterocycles. The summed E-state index contributed by atoms with van der Waals surface area (Å²) in [6.07, 6.45) is 2.48. The summed E-state index contributed by atoms with van der Waals surface area (Å²) < 4.78 is 5.97. The van der Waals surface area contributed by atoms with Gasteiger partial charge in [-0.2, -0.15) is 10.1 Å². The first-order valence-electron chi connectivity index (χ1n) is 6.65. The quantitative estimate of drug-likeness (QED) is 0.746. The van der Waals surface area contributed by atoms with Gasteiger partial charge in [-0.25, -0.2) is 0 Å². The van der Waals surface area contributed by atoms with E-state index in [0.29, 0.717) is 18.4 Å². The van der Waals surface area contributed by atoms with Crippen molar-refractivity contribution in [1.29, 1.82) is 0 Å². The second-order valence-electron chi connectivity index (χ2n) is 4.55. The van der Waals surface area contributed by atoms with Crippen LogP contribution in [0.4, 0.5) is 17.5 Å². The van der Waals surface area contributed by atoms with Crippen molar-refractivity contribution in [2.24, 2.45) is 0 Å². The average Bonchev–Trinajstić information content (AvgIpc) is 2.47. The van der Waals surface area contributed by atoms with Crippen LogP contribution in [0.2, 0.25) is 0 Å². The lowest BCUT2D eigenvalue weighted by atomic mass is 10.2. The number of anilines is 3. The molecule has 0 bridgehead atoms. The molecule has 0 atom stereocenters. The maximum absolute atomic E-state index is 4.99. The Balaban J connectivity index is 2.00. The summed E-state index contributed by atoms with van der Waals surface area (Å²) in [6.45, 7) is 3.49. The fourth-order valence-electron chi connectivity index (χ4n) is 1.71. The van der Waals surface area contributed by atoms with Gasteiger partial charge in [0.05, 0.1) is 11.9 Å². The van der Waals surface area contributed by atoms with E-state index in [4.69, 9.17) is 4.74 Å². The molecule has 6 nitrogen and oxygen atoms in total. The van der Waals surface area contributed by atoms with Crippen LogP contribution in [-0.2, 0) is 4.74 Å². The zero-order valence-corrected chi connectivity index (χ0v) is 13.6. The SMILES string of the molecule is COCCCNc1nncc(Nc2ccc(C)cc2Br)n1. The zero-order chi connectivity index (χ0) is 15.1. The number of rotatable bonds is 7. The van der Waals surface area contributed by atoms with Gasteiger partial charge in [0.15, 0.2) is 5.82 Å². The van der Waals surface area contributed by atoms with E-state index >= 15 is 0 Å². The van der Waals surface area contributed by atoms with Gasteiger partial charge < -0.3 is 15.4 Å². The van der Waals surface area contributed by atoms with Gasteiger partial charge in [-0.3, -0.25) is 0 Å². The van der Waals surface area contributed by atoms with Crippen LogP contribution in [0.25, 0.3) is 0 Å². The maximum Gasteiger partial charge on any atom is 0.244 e. The van der Waals surface area contributed by atoms with Gasteiger partial charge in [-0.15, -0.1) is 5.10 Å². The summed E-state index contributed by atoms with van der Waals surface area (Å²) in [6, 6.07) is 6.07. The second-order valence-corrected chi connectivity index (χ2v) is 5.40. The molecule has 1 aromatic carbocycles. The lowest BCUT2D eigenvalue weighted by Gasteiger charge is -2.09. The minimum absolute atomic E-state index is 0.499. The molecule has 112 valence electrons. The molecular weight excluding hydrogens is 334 g/mol. The Morgan fingerprint density at radius 1 is 1.33 bits per heavy atom. The highest BCUT2D eigenvalue weighted by Gasteiger charge is 2.04. The number of nitrogens with zero attached hydrogens (tertiary/aromatic N) is 3. The van der Waals surface area contributed by atoms with Crippen molar-refractivity contribution in [2.75, 3.05) is 30.9 Å². The first kappa shape index (κ1) is 15.7. The van der Waals surface area contributed by atoms with Crippen LogP contribution in [0.3, 0.4) is 0 Å². The first-order chi connectivity index (χ1) is 10.2. The molecule has 0 saturated carbocycles. The molecule has 1 heterocycles. The van der Waals surface area contributed by atoms with E-state index in [1.165, 1.54) is 5.56 Å². The standard InChI is InChI=1S/C14H18BrN5O/c1-10-4-5-12(11(15)8-10)18-13-9-17-20-14(19-13)16-6-3-7-21-2/h4-5,8-9H,3,6-7H2,1-2H3,(H2,16,18,19,20). The number of aryl methyl sites for hydroxylation is 1. The Kier molecular flexibility index (Phi) is 5.89. The Morgan fingerprint density at radius 2 is 2.19 bits per heavy atom. The van der Waals surface area contributed by atoms with E-state index in [1.807, 2.05) is 25.1 Å². The van der Waals surface area contributed by atoms with Crippen molar-refractivity contribution in [3.63, 3.8) is 0 Å². The van der Waals surface area contributed by atoms with Crippen LogP contribution < -0.4 is 10.6 Å². The molecule has 0 spiro atoms. The summed E-state index contributed by atoms with van der Waals surface area (Å²) in [4.78, 5) is 4.37. The average molecular weight is 352 g/mol. The molecule has 0 aliphatic rings. The zero-order valence-electron chi connectivity index (χ0n) is 12.1. The molecule has 0 fully saturated rings. The molecule has 7 heteroatoms. The predicted molar refractivity (Wildman–Crippen MR) is 87.0 cm³/mol. The van der Waals surface area contributed by atoms with E-state index in [2.05, 4.69) is 41.7 Å². The van der Waals surface area contributed by atoms with Gasteiger partial charge in [0, 0.05) is 24.7 Å². The Morgan fingerprint density at radius 3 is 2.95 bits per heavy atom. The van der Waals surface area contributed by atoms with Gasteiger partial charge in [-0.05, 0) is 47.0 Å². The van der Waals surface area contributed by atoms with E-state index in [0.717, 1.165) is 23.1 Å². The molecule has 1 aromatic heterocycles.